The minimum Gasteiger partial charge on any atom is -0.390 e. The first kappa shape index (κ1) is 13.8. The number of para-hydroxylation sites is 1. The molecule has 0 amide bonds. The van der Waals surface area contributed by atoms with Crippen LogP contribution in [0, 0.1) is 5.92 Å². The lowest BCUT2D eigenvalue weighted by Gasteiger charge is -2.16. The Hall–Kier alpha value is -1.61. The molecule has 0 bridgehead atoms. The van der Waals surface area contributed by atoms with Crippen molar-refractivity contribution >= 4 is 16.6 Å². The molecule has 0 aliphatic heterocycles. The Morgan fingerprint density at radius 1 is 1.21 bits per heavy atom. The van der Waals surface area contributed by atoms with E-state index in [0.717, 1.165) is 23.1 Å². The van der Waals surface area contributed by atoms with Crippen LogP contribution in [0.25, 0.3) is 10.9 Å². The lowest BCUT2D eigenvalue weighted by atomic mass is 10.0. The summed E-state index contributed by atoms with van der Waals surface area (Å²) in [7, 11) is 0. The van der Waals surface area contributed by atoms with Crippen molar-refractivity contribution in [2.24, 2.45) is 5.92 Å². The molecule has 0 unspecified atom stereocenters. The molecule has 1 aromatic heterocycles. The Bertz CT molecular complexity index is 535. The average molecular weight is 258 g/mol. The maximum absolute atomic E-state index is 9.30. The molecule has 0 fully saturated rings. The monoisotopic (exact) mass is 258 g/mol. The summed E-state index contributed by atoms with van der Waals surface area (Å²) in [6.07, 6.45) is 2.36. The van der Waals surface area contributed by atoms with Crippen molar-refractivity contribution in [3.05, 3.63) is 36.0 Å². The number of benzene rings is 1. The number of pyridine rings is 1. The van der Waals surface area contributed by atoms with Crippen LogP contribution < -0.4 is 5.32 Å². The molecule has 0 saturated carbocycles. The van der Waals surface area contributed by atoms with Gasteiger partial charge >= 0.3 is 0 Å². The van der Waals surface area contributed by atoms with Gasteiger partial charge in [-0.05, 0) is 18.1 Å². The van der Waals surface area contributed by atoms with E-state index in [4.69, 9.17) is 0 Å². The standard InChI is InChI=1S/C16H22N2O/c1-3-12(4-2)10-17-16-9-13(11-19)18-15-8-6-5-7-14(15)16/h5-9,12,19H,3-4,10-11H2,1-2H3,(H,17,18). The third-order valence-corrected chi connectivity index (χ3v) is 3.67. The Labute approximate surface area is 114 Å². The van der Waals surface area contributed by atoms with Crippen LogP contribution in [0.5, 0.6) is 0 Å². The molecule has 3 nitrogen and oxygen atoms in total. The molecule has 2 N–H and O–H groups in total. The highest BCUT2D eigenvalue weighted by molar-refractivity contribution is 5.91. The second kappa shape index (κ2) is 6.53. The maximum Gasteiger partial charge on any atom is 0.0854 e. The number of hydrogen-bond donors (Lipinski definition) is 2. The van der Waals surface area contributed by atoms with Crippen molar-refractivity contribution in [3.8, 4) is 0 Å². The van der Waals surface area contributed by atoms with E-state index in [1.54, 1.807) is 0 Å². The second-order valence-corrected chi connectivity index (χ2v) is 4.90. The summed E-state index contributed by atoms with van der Waals surface area (Å²) in [6.45, 7) is 5.38. The number of aliphatic hydroxyl groups excluding tert-OH is 1. The second-order valence-electron chi connectivity index (χ2n) is 4.90. The van der Waals surface area contributed by atoms with Crippen molar-refractivity contribution < 1.29 is 5.11 Å². The lowest BCUT2D eigenvalue weighted by Crippen LogP contribution is -2.13. The molecule has 0 spiro atoms. The molecule has 0 aliphatic rings. The van der Waals surface area contributed by atoms with Gasteiger partial charge in [0.25, 0.3) is 0 Å². The summed E-state index contributed by atoms with van der Waals surface area (Å²) in [6, 6.07) is 9.99. The van der Waals surface area contributed by atoms with Crippen molar-refractivity contribution in [2.45, 2.75) is 33.3 Å². The van der Waals surface area contributed by atoms with Gasteiger partial charge in [-0.3, -0.25) is 4.98 Å². The van der Waals surface area contributed by atoms with Crippen LogP contribution in [0.2, 0.25) is 0 Å². The van der Waals surface area contributed by atoms with Crippen molar-refractivity contribution in [2.75, 3.05) is 11.9 Å². The third kappa shape index (κ3) is 3.24. The Balaban J connectivity index is 2.30. The molecule has 1 aromatic carbocycles. The highest BCUT2D eigenvalue weighted by atomic mass is 16.3. The fraction of sp³-hybridized carbons (Fsp3) is 0.438. The molecule has 19 heavy (non-hydrogen) atoms. The molecular weight excluding hydrogens is 236 g/mol. The van der Waals surface area contributed by atoms with Crippen LogP contribution in [0.15, 0.2) is 30.3 Å². The van der Waals surface area contributed by atoms with Gasteiger partial charge in [-0.25, -0.2) is 0 Å². The van der Waals surface area contributed by atoms with Gasteiger partial charge < -0.3 is 10.4 Å². The minimum absolute atomic E-state index is 0.0233. The SMILES string of the molecule is CCC(CC)CNc1cc(CO)nc2ccccc12. The normalized spacial score (nSPS) is 11.2. The summed E-state index contributed by atoms with van der Waals surface area (Å²) in [5, 5.41) is 13.9. The zero-order chi connectivity index (χ0) is 13.7. The van der Waals surface area contributed by atoms with Crippen LogP contribution >= 0.6 is 0 Å². The molecule has 1 heterocycles. The quantitative estimate of drug-likeness (QED) is 0.832. The maximum atomic E-state index is 9.30. The average Bonchev–Trinajstić information content (AvgIpc) is 2.47. The predicted molar refractivity (Wildman–Crippen MR) is 80.2 cm³/mol. The van der Waals surface area contributed by atoms with Gasteiger partial charge in [0.05, 0.1) is 17.8 Å². The first-order chi connectivity index (χ1) is 9.28. The number of aliphatic hydroxyl groups is 1. The fourth-order valence-electron chi connectivity index (χ4n) is 2.29. The van der Waals surface area contributed by atoms with Gasteiger partial charge in [-0.15, -0.1) is 0 Å². The highest BCUT2D eigenvalue weighted by Crippen LogP contribution is 2.24. The minimum atomic E-state index is -0.0233. The van der Waals surface area contributed by atoms with Gasteiger partial charge in [0, 0.05) is 17.6 Å². The molecular formula is C16H22N2O. The topological polar surface area (TPSA) is 45.1 Å². The Kier molecular flexibility index (Phi) is 4.74. The van der Waals surface area contributed by atoms with Gasteiger partial charge in [0.15, 0.2) is 0 Å². The fourth-order valence-corrected chi connectivity index (χ4v) is 2.29. The first-order valence-electron chi connectivity index (χ1n) is 7.01. The van der Waals surface area contributed by atoms with Crippen LogP contribution in [-0.2, 0) is 6.61 Å². The van der Waals surface area contributed by atoms with E-state index in [9.17, 15) is 5.11 Å². The van der Waals surface area contributed by atoms with E-state index in [2.05, 4.69) is 30.2 Å². The molecule has 0 saturated heterocycles. The third-order valence-electron chi connectivity index (χ3n) is 3.67. The van der Waals surface area contributed by atoms with E-state index in [1.807, 2.05) is 24.3 Å². The van der Waals surface area contributed by atoms with Crippen molar-refractivity contribution in [3.63, 3.8) is 0 Å². The zero-order valence-electron chi connectivity index (χ0n) is 11.7. The Morgan fingerprint density at radius 2 is 1.95 bits per heavy atom. The van der Waals surface area contributed by atoms with Gasteiger partial charge in [0.2, 0.25) is 0 Å². The van der Waals surface area contributed by atoms with E-state index in [1.165, 1.54) is 12.8 Å². The molecule has 0 atom stereocenters. The molecule has 2 aromatic rings. The summed E-state index contributed by atoms with van der Waals surface area (Å²) in [4.78, 5) is 4.43. The molecule has 102 valence electrons. The van der Waals surface area contributed by atoms with Crippen LogP contribution in [0.3, 0.4) is 0 Å². The number of anilines is 1. The van der Waals surface area contributed by atoms with E-state index < -0.39 is 0 Å². The predicted octanol–water partition coefficient (Wildman–Crippen LogP) is 3.58. The zero-order valence-corrected chi connectivity index (χ0v) is 11.7. The first-order valence-corrected chi connectivity index (χ1v) is 7.01. The number of hydrogen-bond acceptors (Lipinski definition) is 3. The largest absolute Gasteiger partial charge is 0.390 e. The molecule has 0 aliphatic carbocycles. The lowest BCUT2D eigenvalue weighted by molar-refractivity contribution is 0.277. The number of nitrogens with zero attached hydrogens (tertiary/aromatic N) is 1. The molecule has 2 rings (SSSR count). The molecule has 0 radical (unpaired) electrons. The van der Waals surface area contributed by atoms with E-state index >= 15 is 0 Å². The summed E-state index contributed by atoms with van der Waals surface area (Å²) in [5.41, 5.74) is 2.72. The van der Waals surface area contributed by atoms with E-state index in [0.29, 0.717) is 11.6 Å². The van der Waals surface area contributed by atoms with Gasteiger partial charge in [-0.1, -0.05) is 44.9 Å². The Morgan fingerprint density at radius 3 is 2.63 bits per heavy atom. The van der Waals surface area contributed by atoms with Crippen LogP contribution in [-0.4, -0.2) is 16.6 Å². The summed E-state index contributed by atoms with van der Waals surface area (Å²) >= 11 is 0. The molecule has 3 heteroatoms. The smallest absolute Gasteiger partial charge is 0.0854 e. The van der Waals surface area contributed by atoms with Crippen LogP contribution in [0.4, 0.5) is 5.69 Å². The van der Waals surface area contributed by atoms with Gasteiger partial charge in [-0.2, -0.15) is 0 Å². The number of nitrogens with one attached hydrogen (secondary N) is 1. The van der Waals surface area contributed by atoms with Crippen molar-refractivity contribution in [1.82, 2.24) is 4.98 Å². The summed E-state index contributed by atoms with van der Waals surface area (Å²) < 4.78 is 0. The van der Waals surface area contributed by atoms with Gasteiger partial charge in [0.1, 0.15) is 0 Å². The number of rotatable bonds is 6. The van der Waals surface area contributed by atoms with E-state index in [-0.39, 0.29) is 6.61 Å². The van der Waals surface area contributed by atoms with Crippen molar-refractivity contribution in [1.29, 1.82) is 0 Å². The van der Waals surface area contributed by atoms with Crippen LogP contribution in [0.1, 0.15) is 32.4 Å². The number of fused-ring (bicyclic) bond motifs is 1. The summed E-state index contributed by atoms with van der Waals surface area (Å²) in [5.74, 6) is 0.685. The number of aromatic nitrogens is 1. The highest BCUT2D eigenvalue weighted by Gasteiger charge is 2.07.